The molecule has 0 fully saturated rings. The summed E-state index contributed by atoms with van der Waals surface area (Å²) in [4.78, 5) is 4.11. The smallest absolute Gasteiger partial charge is 0.132 e. The first-order valence-corrected chi connectivity index (χ1v) is 6.07. The second kappa shape index (κ2) is 5.23. The molecule has 90 valence electrons. The number of pyridine rings is 1. The van der Waals surface area contributed by atoms with Gasteiger partial charge in [-0.15, -0.1) is 0 Å². The molecule has 0 amide bonds. The lowest BCUT2D eigenvalue weighted by Crippen LogP contribution is -1.99. The van der Waals surface area contributed by atoms with Gasteiger partial charge in [0, 0.05) is 25.5 Å². The molecule has 2 rings (SSSR count). The van der Waals surface area contributed by atoms with Crippen molar-refractivity contribution in [3.8, 4) is 0 Å². The summed E-state index contributed by atoms with van der Waals surface area (Å²) in [5.41, 5.74) is 3.25. The fourth-order valence-corrected chi connectivity index (χ4v) is 1.75. The first kappa shape index (κ1) is 12.0. The molecule has 2 aromatic rings. The van der Waals surface area contributed by atoms with Crippen molar-refractivity contribution in [2.45, 2.75) is 26.9 Å². The Bertz CT molecular complexity index is 505. The topological polar surface area (TPSA) is 29.9 Å². The molecule has 0 saturated heterocycles. The van der Waals surface area contributed by atoms with Crippen LogP contribution in [0.4, 0.5) is 5.69 Å². The molecule has 0 aliphatic carbocycles. The number of hydrogen-bond donors (Lipinski definition) is 1. The van der Waals surface area contributed by atoms with Crippen LogP contribution in [0.2, 0.25) is 5.15 Å². The molecular weight excluding hydrogens is 234 g/mol. The Kier molecular flexibility index (Phi) is 3.69. The summed E-state index contributed by atoms with van der Waals surface area (Å²) in [5.74, 6) is 0. The van der Waals surface area contributed by atoms with E-state index in [1.165, 1.54) is 5.56 Å². The lowest BCUT2D eigenvalue weighted by molar-refractivity contribution is 0.766. The predicted molar refractivity (Wildman–Crippen MR) is 71.4 cm³/mol. The van der Waals surface area contributed by atoms with Gasteiger partial charge in [0.05, 0.1) is 11.9 Å². The zero-order valence-corrected chi connectivity index (χ0v) is 10.8. The Balaban J connectivity index is 1.99. The zero-order chi connectivity index (χ0) is 12.3. The molecule has 0 aliphatic rings. The summed E-state index contributed by atoms with van der Waals surface area (Å²) in [6.45, 7) is 5.88. The third-order valence-electron chi connectivity index (χ3n) is 2.69. The van der Waals surface area contributed by atoms with E-state index >= 15 is 0 Å². The molecule has 2 aromatic heterocycles. The van der Waals surface area contributed by atoms with Gasteiger partial charge in [-0.25, -0.2) is 4.98 Å². The molecule has 3 nitrogen and oxygen atoms in total. The average molecular weight is 250 g/mol. The van der Waals surface area contributed by atoms with Crippen LogP contribution in [-0.2, 0) is 13.1 Å². The fraction of sp³-hybridized carbons (Fsp3) is 0.308. The SMILES string of the molecule is CCn1ccc(CNc2cnc(Cl)c(C)c2)c1. The van der Waals surface area contributed by atoms with Crippen LogP contribution in [0.3, 0.4) is 0 Å². The lowest BCUT2D eigenvalue weighted by atomic mass is 10.3. The van der Waals surface area contributed by atoms with Crippen molar-refractivity contribution in [3.63, 3.8) is 0 Å². The predicted octanol–water partition coefficient (Wildman–Crippen LogP) is 3.48. The normalized spacial score (nSPS) is 10.5. The molecule has 17 heavy (non-hydrogen) atoms. The lowest BCUT2D eigenvalue weighted by Gasteiger charge is -2.06. The number of aromatic nitrogens is 2. The van der Waals surface area contributed by atoms with Gasteiger partial charge in [0.2, 0.25) is 0 Å². The Morgan fingerprint density at radius 1 is 1.47 bits per heavy atom. The van der Waals surface area contributed by atoms with E-state index in [9.17, 15) is 0 Å². The molecule has 0 spiro atoms. The van der Waals surface area contributed by atoms with Gasteiger partial charge in [-0.3, -0.25) is 0 Å². The summed E-state index contributed by atoms with van der Waals surface area (Å²) in [6.07, 6.45) is 5.98. The summed E-state index contributed by atoms with van der Waals surface area (Å²) in [5, 5.41) is 3.89. The number of hydrogen-bond acceptors (Lipinski definition) is 2. The molecule has 0 radical (unpaired) electrons. The molecule has 2 heterocycles. The van der Waals surface area contributed by atoms with E-state index in [-0.39, 0.29) is 0 Å². The highest BCUT2D eigenvalue weighted by atomic mass is 35.5. The second-order valence-electron chi connectivity index (χ2n) is 4.04. The van der Waals surface area contributed by atoms with E-state index in [2.05, 4.69) is 40.3 Å². The van der Waals surface area contributed by atoms with Crippen molar-refractivity contribution >= 4 is 17.3 Å². The summed E-state index contributed by atoms with van der Waals surface area (Å²) in [7, 11) is 0. The van der Waals surface area contributed by atoms with Crippen LogP contribution in [0.25, 0.3) is 0 Å². The molecule has 0 aliphatic heterocycles. The highest BCUT2D eigenvalue weighted by molar-refractivity contribution is 6.30. The van der Waals surface area contributed by atoms with Crippen LogP contribution >= 0.6 is 11.6 Å². The van der Waals surface area contributed by atoms with Gasteiger partial charge in [0.25, 0.3) is 0 Å². The summed E-state index contributed by atoms with van der Waals surface area (Å²) >= 11 is 5.88. The van der Waals surface area contributed by atoms with Gasteiger partial charge in [0.1, 0.15) is 5.15 Å². The summed E-state index contributed by atoms with van der Waals surface area (Å²) in [6, 6.07) is 4.12. The largest absolute Gasteiger partial charge is 0.380 e. The van der Waals surface area contributed by atoms with Crippen LogP contribution in [-0.4, -0.2) is 9.55 Å². The third-order valence-corrected chi connectivity index (χ3v) is 3.08. The summed E-state index contributed by atoms with van der Waals surface area (Å²) < 4.78 is 2.16. The van der Waals surface area contributed by atoms with Crippen molar-refractivity contribution in [1.82, 2.24) is 9.55 Å². The number of anilines is 1. The molecule has 1 N–H and O–H groups in total. The van der Waals surface area contributed by atoms with E-state index < -0.39 is 0 Å². The Labute approximate surface area is 106 Å². The second-order valence-corrected chi connectivity index (χ2v) is 4.39. The molecular formula is C13H16ClN3. The van der Waals surface area contributed by atoms with Crippen LogP contribution in [0, 0.1) is 6.92 Å². The van der Waals surface area contributed by atoms with Crippen LogP contribution in [0.1, 0.15) is 18.1 Å². The molecule has 4 heteroatoms. The molecule has 0 unspecified atom stereocenters. The maximum atomic E-state index is 5.88. The van der Waals surface area contributed by atoms with E-state index in [0.717, 1.165) is 24.3 Å². The van der Waals surface area contributed by atoms with E-state index in [1.807, 2.05) is 13.0 Å². The molecule has 0 bridgehead atoms. The van der Waals surface area contributed by atoms with E-state index in [1.54, 1.807) is 6.20 Å². The minimum absolute atomic E-state index is 0.563. The van der Waals surface area contributed by atoms with Crippen LogP contribution in [0.15, 0.2) is 30.7 Å². The van der Waals surface area contributed by atoms with Crippen molar-refractivity contribution in [1.29, 1.82) is 0 Å². The van der Waals surface area contributed by atoms with Gasteiger partial charge in [-0.05, 0) is 37.1 Å². The molecule has 0 saturated carbocycles. The van der Waals surface area contributed by atoms with Crippen molar-refractivity contribution < 1.29 is 0 Å². The minimum atomic E-state index is 0.563. The Hall–Kier alpha value is -1.48. The standard InChI is InChI=1S/C13H16ClN3/c1-3-17-5-4-11(9-17)7-15-12-6-10(2)13(14)16-8-12/h4-6,8-9,15H,3,7H2,1-2H3. The average Bonchev–Trinajstić information content (AvgIpc) is 2.79. The van der Waals surface area contributed by atoms with E-state index in [4.69, 9.17) is 11.6 Å². The van der Waals surface area contributed by atoms with Gasteiger partial charge in [0.15, 0.2) is 0 Å². The van der Waals surface area contributed by atoms with Crippen LogP contribution in [0.5, 0.6) is 0 Å². The maximum absolute atomic E-state index is 5.88. The minimum Gasteiger partial charge on any atom is -0.380 e. The number of halogens is 1. The van der Waals surface area contributed by atoms with Gasteiger partial charge in [-0.1, -0.05) is 11.6 Å². The zero-order valence-electron chi connectivity index (χ0n) is 10.1. The number of aryl methyl sites for hydroxylation is 2. The molecule has 0 atom stereocenters. The highest BCUT2D eigenvalue weighted by Crippen LogP contribution is 2.16. The third kappa shape index (κ3) is 3.01. The highest BCUT2D eigenvalue weighted by Gasteiger charge is 2.00. The van der Waals surface area contributed by atoms with Crippen LogP contribution < -0.4 is 5.32 Å². The fourth-order valence-electron chi connectivity index (χ4n) is 1.65. The van der Waals surface area contributed by atoms with E-state index in [0.29, 0.717) is 5.15 Å². The van der Waals surface area contributed by atoms with Crippen molar-refractivity contribution in [3.05, 3.63) is 47.0 Å². The number of rotatable bonds is 4. The monoisotopic (exact) mass is 249 g/mol. The van der Waals surface area contributed by atoms with Crippen molar-refractivity contribution in [2.75, 3.05) is 5.32 Å². The Morgan fingerprint density at radius 2 is 2.29 bits per heavy atom. The number of nitrogens with one attached hydrogen (secondary N) is 1. The Morgan fingerprint density at radius 3 is 2.94 bits per heavy atom. The molecule has 0 aromatic carbocycles. The van der Waals surface area contributed by atoms with Gasteiger partial charge < -0.3 is 9.88 Å². The first-order valence-electron chi connectivity index (χ1n) is 5.69. The van der Waals surface area contributed by atoms with Gasteiger partial charge in [-0.2, -0.15) is 0 Å². The van der Waals surface area contributed by atoms with Gasteiger partial charge >= 0.3 is 0 Å². The first-order chi connectivity index (χ1) is 8.19. The maximum Gasteiger partial charge on any atom is 0.132 e. The number of nitrogens with zero attached hydrogens (tertiary/aromatic N) is 2. The van der Waals surface area contributed by atoms with Crippen molar-refractivity contribution in [2.24, 2.45) is 0 Å². The quantitative estimate of drug-likeness (QED) is 0.841.